The highest BCUT2D eigenvalue weighted by Gasteiger charge is 2.21. The Morgan fingerprint density at radius 3 is 2.81 bits per heavy atom. The van der Waals surface area contributed by atoms with E-state index in [1.54, 1.807) is 0 Å². The summed E-state index contributed by atoms with van der Waals surface area (Å²) in [6.07, 6.45) is 4.79. The Labute approximate surface area is 95.8 Å². The minimum Gasteiger partial charge on any atom is -0.379 e. The van der Waals surface area contributed by atoms with Crippen molar-refractivity contribution in [3.63, 3.8) is 0 Å². The van der Waals surface area contributed by atoms with Gasteiger partial charge in [-0.15, -0.1) is 0 Å². The highest BCUT2D eigenvalue weighted by atomic mass is 16.5. The zero-order valence-electron chi connectivity index (χ0n) is 9.81. The van der Waals surface area contributed by atoms with Crippen molar-refractivity contribution in [2.75, 3.05) is 32.2 Å². The van der Waals surface area contributed by atoms with Crippen LogP contribution in [0.1, 0.15) is 12.0 Å². The molecule has 1 N–H and O–H groups in total. The fourth-order valence-corrected chi connectivity index (χ4v) is 1.82. The first-order valence-corrected chi connectivity index (χ1v) is 5.57. The Morgan fingerprint density at radius 2 is 2.25 bits per heavy atom. The van der Waals surface area contributed by atoms with Crippen molar-refractivity contribution in [1.82, 2.24) is 15.3 Å². The second-order valence-corrected chi connectivity index (χ2v) is 4.05. The van der Waals surface area contributed by atoms with Crippen molar-refractivity contribution < 1.29 is 4.74 Å². The van der Waals surface area contributed by atoms with Gasteiger partial charge in [-0.3, -0.25) is 0 Å². The minimum atomic E-state index is 0.412. The largest absolute Gasteiger partial charge is 0.379 e. The molecule has 88 valence electrons. The van der Waals surface area contributed by atoms with Crippen molar-refractivity contribution in [3.8, 4) is 0 Å². The number of nitrogens with one attached hydrogen (secondary N) is 1. The molecular weight excluding hydrogens is 204 g/mol. The third kappa shape index (κ3) is 2.48. The van der Waals surface area contributed by atoms with Crippen molar-refractivity contribution in [2.24, 2.45) is 0 Å². The number of hydrogen-bond donors (Lipinski definition) is 1. The molecule has 1 aromatic heterocycles. The van der Waals surface area contributed by atoms with E-state index in [0.29, 0.717) is 6.04 Å². The number of aromatic nitrogens is 2. The first-order valence-electron chi connectivity index (χ1n) is 5.57. The summed E-state index contributed by atoms with van der Waals surface area (Å²) in [5, 5.41) is 3.07. The molecule has 1 unspecified atom stereocenters. The fraction of sp³-hybridized carbons (Fsp3) is 0.636. The Balaban J connectivity index is 2.02. The fourth-order valence-electron chi connectivity index (χ4n) is 1.82. The van der Waals surface area contributed by atoms with Crippen LogP contribution >= 0.6 is 0 Å². The molecule has 16 heavy (non-hydrogen) atoms. The van der Waals surface area contributed by atoms with Crippen molar-refractivity contribution in [2.45, 2.75) is 19.0 Å². The zero-order valence-corrected chi connectivity index (χ0v) is 9.81. The van der Waals surface area contributed by atoms with Gasteiger partial charge in [-0.1, -0.05) is 0 Å². The summed E-state index contributed by atoms with van der Waals surface area (Å²) >= 11 is 0. The van der Waals surface area contributed by atoms with E-state index in [2.05, 4.69) is 20.2 Å². The first-order chi connectivity index (χ1) is 7.81. The van der Waals surface area contributed by atoms with Gasteiger partial charge in [-0.25, -0.2) is 9.97 Å². The van der Waals surface area contributed by atoms with Gasteiger partial charge < -0.3 is 15.0 Å². The zero-order chi connectivity index (χ0) is 11.4. The lowest BCUT2D eigenvalue weighted by Crippen LogP contribution is -2.33. The number of hydrogen-bond acceptors (Lipinski definition) is 5. The first kappa shape index (κ1) is 11.3. The van der Waals surface area contributed by atoms with Crippen LogP contribution in [0.15, 0.2) is 12.4 Å². The van der Waals surface area contributed by atoms with E-state index in [1.165, 1.54) is 0 Å². The molecule has 1 fully saturated rings. The SMILES string of the molecule is CNCc1cnc(N(C)C2CCOC2)nc1. The number of ether oxygens (including phenoxy) is 1. The van der Waals surface area contributed by atoms with E-state index in [9.17, 15) is 0 Å². The van der Waals surface area contributed by atoms with Crippen LogP contribution in [0.25, 0.3) is 0 Å². The van der Waals surface area contributed by atoms with Gasteiger partial charge in [0.25, 0.3) is 0 Å². The standard InChI is InChI=1S/C11H18N4O/c1-12-5-9-6-13-11(14-7-9)15(2)10-3-4-16-8-10/h6-7,10,12H,3-5,8H2,1-2H3. The lowest BCUT2D eigenvalue weighted by molar-refractivity contribution is 0.193. The van der Waals surface area contributed by atoms with Crippen LogP contribution in [-0.2, 0) is 11.3 Å². The maximum Gasteiger partial charge on any atom is 0.225 e. The minimum absolute atomic E-state index is 0.412. The predicted molar refractivity (Wildman–Crippen MR) is 62.4 cm³/mol. The van der Waals surface area contributed by atoms with Crippen LogP contribution in [0.5, 0.6) is 0 Å². The second kappa shape index (κ2) is 5.23. The highest BCUT2D eigenvalue weighted by molar-refractivity contribution is 5.30. The lowest BCUT2D eigenvalue weighted by Gasteiger charge is -2.22. The summed E-state index contributed by atoms with van der Waals surface area (Å²) in [5.41, 5.74) is 1.10. The van der Waals surface area contributed by atoms with Gasteiger partial charge in [0.05, 0.1) is 12.6 Å². The summed E-state index contributed by atoms with van der Waals surface area (Å²) in [7, 11) is 3.93. The Kier molecular flexibility index (Phi) is 3.69. The molecule has 0 spiro atoms. The van der Waals surface area contributed by atoms with Crippen LogP contribution < -0.4 is 10.2 Å². The molecule has 1 atom stereocenters. The van der Waals surface area contributed by atoms with Crippen LogP contribution in [0.3, 0.4) is 0 Å². The van der Waals surface area contributed by atoms with E-state index >= 15 is 0 Å². The smallest absolute Gasteiger partial charge is 0.225 e. The monoisotopic (exact) mass is 222 g/mol. The molecule has 0 radical (unpaired) electrons. The molecule has 2 rings (SSSR count). The second-order valence-electron chi connectivity index (χ2n) is 4.05. The molecule has 5 nitrogen and oxygen atoms in total. The maximum absolute atomic E-state index is 5.35. The van der Waals surface area contributed by atoms with E-state index in [-0.39, 0.29) is 0 Å². The van der Waals surface area contributed by atoms with Gasteiger partial charge in [0, 0.05) is 38.2 Å². The van der Waals surface area contributed by atoms with Crippen LogP contribution in [0.4, 0.5) is 5.95 Å². The normalized spacial score (nSPS) is 20.0. The molecule has 1 saturated heterocycles. The molecule has 5 heteroatoms. The maximum atomic E-state index is 5.35. The molecule has 1 aromatic rings. The van der Waals surface area contributed by atoms with E-state index in [0.717, 1.165) is 37.7 Å². The summed E-state index contributed by atoms with van der Waals surface area (Å²) in [6, 6.07) is 0.412. The van der Waals surface area contributed by atoms with Crippen LogP contribution in [0, 0.1) is 0 Å². The lowest BCUT2D eigenvalue weighted by atomic mass is 10.2. The van der Waals surface area contributed by atoms with Gasteiger partial charge in [-0.05, 0) is 13.5 Å². The van der Waals surface area contributed by atoms with Crippen molar-refractivity contribution in [1.29, 1.82) is 0 Å². The van der Waals surface area contributed by atoms with E-state index < -0.39 is 0 Å². The number of likely N-dealkylation sites (N-methyl/N-ethyl adjacent to an activating group) is 1. The van der Waals surface area contributed by atoms with Crippen LogP contribution in [-0.4, -0.2) is 43.3 Å². The molecule has 0 saturated carbocycles. The molecular formula is C11H18N4O. The van der Waals surface area contributed by atoms with Crippen molar-refractivity contribution in [3.05, 3.63) is 18.0 Å². The Hall–Kier alpha value is -1.20. The number of rotatable bonds is 4. The number of anilines is 1. The summed E-state index contributed by atoms with van der Waals surface area (Å²) < 4.78 is 5.35. The predicted octanol–water partition coefficient (Wildman–Crippen LogP) is 0.421. The average Bonchev–Trinajstić information content (AvgIpc) is 2.83. The van der Waals surface area contributed by atoms with Gasteiger partial charge in [0.1, 0.15) is 0 Å². The Morgan fingerprint density at radius 1 is 1.50 bits per heavy atom. The summed E-state index contributed by atoms with van der Waals surface area (Å²) in [6.45, 7) is 2.42. The van der Waals surface area contributed by atoms with Crippen molar-refractivity contribution >= 4 is 5.95 Å². The molecule has 1 aliphatic rings. The highest BCUT2D eigenvalue weighted by Crippen LogP contribution is 2.15. The van der Waals surface area contributed by atoms with E-state index in [4.69, 9.17) is 4.74 Å². The average molecular weight is 222 g/mol. The molecule has 0 aromatic carbocycles. The Bertz CT molecular complexity index is 321. The van der Waals surface area contributed by atoms with Gasteiger partial charge in [-0.2, -0.15) is 0 Å². The topological polar surface area (TPSA) is 50.3 Å². The summed E-state index contributed by atoms with van der Waals surface area (Å²) in [4.78, 5) is 10.8. The molecule has 1 aliphatic heterocycles. The van der Waals surface area contributed by atoms with Gasteiger partial charge in [0.2, 0.25) is 5.95 Å². The quantitative estimate of drug-likeness (QED) is 0.800. The molecule has 0 aliphatic carbocycles. The molecule has 2 heterocycles. The summed E-state index contributed by atoms with van der Waals surface area (Å²) in [5.74, 6) is 0.773. The number of nitrogens with zero attached hydrogens (tertiary/aromatic N) is 3. The van der Waals surface area contributed by atoms with E-state index in [1.807, 2.05) is 26.5 Å². The van der Waals surface area contributed by atoms with Crippen LogP contribution in [0.2, 0.25) is 0 Å². The third-order valence-electron chi connectivity index (χ3n) is 2.84. The molecule has 0 bridgehead atoms. The van der Waals surface area contributed by atoms with Gasteiger partial charge in [0.15, 0.2) is 0 Å². The molecule has 0 amide bonds. The van der Waals surface area contributed by atoms with Gasteiger partial charge >= 0.3 is 0 Å². The third-order valence-corrected chi connectivity index (χ3v) is 2.84.